The van der Waals surface area contributed by atoms with Crippen molar-refractivity contribution in [3.8, 4) is 5.75 Å². The summed E-state index contributed by atoms with van der Waals surface area (Å²) in [4.78, 5) is 0.323. The molecule has 0 spiro atoms. The van der Waals surface area contributed by atoms with Crippen molar-refractivity contribution in [1.82, 2.24) is 0 Å². The molecule has 0 amide bonds. The van der Waals surface area contributed by atoms with E-state index in [0.717, 1.165) is 5.56 Å². The Labute approximate surface area is 72.9 Å². The van der Waals surface area contributed by atoms with Crippen molar-refractivity contribution < 1.29 is 13.2 Å². The average Bonchev–Trinajstić information content (AvgIpc) is 2.05. The zero-order valence-corrected chi connectivity index (χ0v) is 7.80. The molecule has 0 fully saturated rings. The van der Waals surface area contributed by atoms with Gasteiger partial charge in [0.2, 0.25) is 0 Å². The molecule has 3 nitrogen and oxygen atoms in total. The van der Waals surface area contributed by atoms with Crippen LogP contribution in [0.4, 0.5) is 0 Å². The lowest BCUT2D eigenvalue weighted by Crippen LogP contribution is -1.88. The van der Waals surface area contributed by atoms with Gasteiger partial charge in [0.05, 0.1) is 12.0 Å². The summed E-state index contributed by atoms with van der Waals surface area (Å²) in [6, 6.07) is 4.97. The fourth-order valence-corrected chi connectivity index (χ4v) is 1.51. The number of thiol groups is 1. The smallest absolute Gasteiger partial charge is 0.168 e. The van der Waals surface area contributed by atoms with Crippen LogP contribution in [0.3, 0.4) is 0 Å². The number of hydrogen-bond donors (Lipinski definition) is 1. The van der Waals surface area contributed by atoms with Crippen LogP contribution in [0.1, 0.15) is 5.56 Å². The van der Waals surface area contributed by atoms with E-state index >= 15 is 0 Å². The van der Waals surface area contributed by atoms with Crippen LogP contribution in [0.5, 0.6) is 5.75 Å². The first kappa shape index (κ1) is 9.06. The van der Waals surface area contributed by atoms with E-state index in [1.54, 1.807) is 19.1 Å². The Morgan fingerprint density at radius 1 is 1.33 bits per heavy atom. The Hall–Kier alpha value is -1.03. The van der Waals surface area contributed by atoms with E-state index < -0.39 is 10.7 Å². The molecule has 1 aromatic carbocycles. The standard InChI is InChI=1S/C8H10O3S/c1-6-3-4-7(11-2)5-8(6)12(9)10/h3-5,12H,1-2H3. The van der Waals surface area contributed by atoms with Crippen LogP contribution in [0, 0.1) is 6.92 Å². The highest BCUT2D eigenvalue weighted by Crippen LogP contribution is 2.17. The fourth-order valence-electron chi connectivity index (χ4n) is 0.913. The van der Waals surface area contributed by atoms with Gasteiger partial charge < -0.3 is 4.74 Å². The van der Waals surface area contributed by atoms with E-state index in [1.807, 2.05) is 0 Å². The zero-order valence-electron chi connectivity index (χ0n) is 6.90. The number of hydrogen-bond acceptors (Lipinski definition) is 3. The molecule has 0 aromatic heterocycles. The Kier molecular flexibility index (Phi) is 2.70. The van der Waals surface area contributed by atoms with E-state index in [0.29, 0.717) is 10.6 Å². The minimum atomic E-state index is -2.52. The second-order valence-corrected chi connectivity index (χ2v) is 3.41. The van der Waals surface area contributed by atoms with Crippen molar-refractivity contribution in [3.63, 3.8) is 0 Å². The SMILES string of the molecule is COc1ccc(C)c([SH](=O)=O)c1. The number of rotatable bonds is 2. The Balaban J connectivity index is 3.26. The van der Waals surface area contributed by atoms with E-state index in [1.165, 1.54) is 13.2 Å². The maximum atomic E-state index is 10.7. The third-order valence-electron chi connectivity index (χ3n) is 1.61. The summed E-state index contributed by atoms with van der Waals surface area (Å²) < 4.78 is 26.2. The molecule has 0 saturated heterocycles. The molecule has 0 saturated carbocycles. The second kappa shape index (κ2) is 3.58. The van der Waals surface area contributed by atoms with Crippen molar-refractivity contribution >= 4 is 10.7 Å². The van der Waals surface area contributed by atoms with Crippen LogP contribution >= 0.6 is 0 Å². The van der Waals surface area contributed by atoms with Gasteiger partial charge in [0, 0.05) is 0 Å². The minimum absolute atomic E-state index is 0.323. The quantitative estimate of drug-likeness (QED) is 0.700. The molecule has 0 radical (unpaired) electrons. The first-order valence-corrected chi connectivity index (χ1v) is 4.62. The predicted molar refractivity (Wildman–Crippen MR) is 46.3 cm³/mol. The summed E-state index contributed by atoms with van der Waals surface area (Å²) in [6.45, 7) is 1.75. The second-order valence-electron chi connectivity index (χ2n) is 2.41. The van der Waals surface area contributed by atoms with Crippen LogP contribution in [0.25, 0.3) is 0 Å². The fraction of sp³-hybridized carbons (Fsp3) is 0.250. The van der Waals surface area contributed by atoms with Crippen LogP contribution in [0.2, 0.25) is 0 Å². The maximum absolute atomic E-state index is 10.7. The van der Waals surface area contributed by atoms with E-state index in [2.05, 4.69) is 0 Å². The molecule has 0 N–H and O–H groups in total. The lowest BCUT2D eigenvalue weighted by Gasteiger charge is -2.01. The number of benzene rings is 1. The molecule has 0 aliphatic rings. The van der Waals surface area contributed by atoms with Crippen LogP contribution in [0.15, 0.2) is 23.1 Å². The Morgan fingerprint density at radius 3 is 2.50 bits per heavy atom. The molecule has 1 rings (SSSR count). The van der Waals surface area contributed by atoms with Gasteiger partial charge in [-0.25, -0.2) is 8.42 Å². The summed E-state index contributed by atoms with van der Waals surface area (Å²) in [5.74, 6) is 0.565. The molecule has 0 atom stereocenters. The van der Waals surface area contributed by atoms with Gasteiger partial charge >= 0.3 is 0 Å². The molecule has 66 valence electrons. The third kappa shape index (κ3) is 1.76. The van der Waals surface area contributed by atoms with Gasteiger partial charge in [-0.1, -0.05) is 6.07 Å². The maximum Gasteiger partial charge on any atom is 0.168 e. The van der Waals surface area contributed by atoms with Crippen molar-refractivity contribution in [3.05, 3.63) is 23.8 Å². The molecule has 4 heteroatoms. The molecular formula is C8H10O3S. The molecule has 12 heavy (non-hydrogen) atoms. The van der Waals surface area contributed by atoms with Crippen molar-refractivity contribution in [2.24, 2.45) is 0 Å². The van der Waals surface area contributed by atoms with Gasteiger partial charge in [0.15, 0.2) is 10.7 Å². The molecule has 0 bridgehead atoms. The Morgan fingerprint density at radius 2 is 2.00 bits per heavy atom. The van der Waals surface area contributed by atoms with Gasteiger partial charge in [0.1, 0.15) is 5.75 Å². The van der Waals surface area contributed by atoms with Gasteiger partial charge in [-0.05, 0) is 24.6 Å². The summed E-state index contributed by atoms with van der Waals surface area (Å²) >= 11 is 0. The third-order valence-corrected chi connectivity index (χ3v) is 2.49. The lowest BCUT2D eigenvalue weighted by atomic mass is 10.2. The zero-order chi connectivity index (χ0) is 9.14. The molecule has 0 unspecified atom stereocenters. The monoisotopic (exact) mass is 186 g/mol. The molecule has 0 heterocycles. The van der Waals surface area contributed by atoms with Crippen LogP contribution in [-0.2, 0) is 10.7 Å². The number of ether oxygens (including phenoxy) is 1. The van der Waals surface area contributed by atoms with Gasteiger partial charge in [0.25, 0.3) is 0 Å². The predicted octanol–water partition coefficient (Wildman–Crippen LogP) is 0.974. The normalized spacial score (nSPS) is 10.2. The van der Waals surface area contributed by atoms with Gasteiger partial charge in [-0.2, -0.15) is 0 Å². The summed E-state index contributed by atoms with van der Waals surface area (Å²) in [6.07, 6.45) is 0. The van der Waals surface area contributed by atoms with Crippen molar-refractivity contribution in [2.45, 2.75) is 11.8 Å². The minimum Gasteiger partial charge on any atom is -0.497 e. The first-order valence-electron chi connectivity index (χ1n) is 3.44. The van der Waals surface area contributed by atoms with Crippen molar-refractivity contribution in [1.29, 1.82) is 0 Å². The largest absolute Gasteiger partial charge is 0.497 e. The Bertz CT molecular complexity index is 347. The molecule has 0 aliphatic carbocycles. The van der Waals surface area contributed by atoms with E-state index in [9.17, 15) is 8.42 Å². The van der Waals surface area contributed by atoms with Crippen LogP contribution in [-0.4, -0.2) is 15.5 Å². The highest BCUT2D eigenvalue weighted by molar-refractivity contribution is 7.72. The lowest BCUT2D eigenvalue weighted by molar-refractivity contribution is 0.413. The van der Waals surface area contributed by atoms with E-state index in [4.69, 9.17) is 4.74 Å². The first-order chi connectivity index (χ1) is 5.65. The molecule has 0 aliphatic heterocycles. The summed E-state index contributed by atoms with van der Waals surface area (Å²) in [7, 11) is -1.01. The summed E-state index contributed by atoms with van der Waals surface area (Å²) in [5, 5.41) is 0. The van der Waals surface area contributed by atoms with Crippen LogP contribution < -0.4 is 4.74 Å². The van der Waals surface area contributed by atoms with E-state index in [-0.39, 0.29) is 0 Å². The van der Waals surface area contributed by atoms with Gasteiger partial charge in [-0.3, -0.25) is 0 Å². The average molecular weight is 186 g/mol. The topological polar surface area (TPSA) is 43.4 Å². The number of methoxy groups -OCH3 is 1. The molecular weight excluding hydrogens is 176 g/mol. The van der Waals surface area contributed by atoms with Gasteiger partial charge in [-0.15, -0.1) is 0 Å². The highest BCUT2D eigenvalue weighted by Gasteiger charge is 2.01. The van der Waals surface area contributed by atoms with Crippen molar-refractivity contribution in [2.75, 3.05) is 7.11 Å². The highest BCUT2D eigenvalue weighted by atomic mass is 32.2. The molecule has 1 aromatic rings. The number of aryl methyl sites for hydroxylation is 1. The summed E-state index contributed by atoms with van der Waals surface area (Å²) in [5.41, 5.74) is 0.743.